The summed E-state index contributed by atoms with van der Waals surface area (Å²) in [5.41, 5.74) is 0. The number of hydrogen-bond donors (Lipinski definition) is 2. The maximum absolute atomic E-state index is 8.68. The lowest BCUT2D eigenvalue weighted by atomic mass is 16.0. The van der Waals surface area contributed by atoms with Gasteiger partial charge in [0.2, 0.25) is 0 Å². The maximum atomic E-state index is 8.68. The van der Waals surface area contributed by atoms with Crippen LogP contribution >= 0.6 is 0 Å². The van der Waals surface area contributed by atoms with E-state index in [-0.39, 0.29) is 5.48 Å². The van der Waals surface area contributed by atoms with E-state index < -0.39 is 42.1 Å². The Morgan fingerprint density at radius 1 is 0.778 bits per heavy atom. The second kappa shape index (κ2) is 11.9. The lowest BCUT2D eigenvalue weighted by molar-refractivity contribution is -1.63. The van der Waals surface area contributed by atoms with Gasteiger partial charge in [0.25, 0.3) is 0 Å². The van der Waals surface area contributed by atoms with Crippen molar-refractivity contribution in [3.8, 4) is 0 Å². The van der Waals surface area contributed by atoms with E-state index in [0.29, 0.717) is 0 Å². The molecule has 9 heavy (non-hydrogen) atoms. The van der Waals surface area contributed by atoms with Gasteiger partial charge in [-0.1, -0.05) is 0 Å². The lowest BCUT2D eigenvalue weighted by Crippen LogP contribution is -3.98. The Labute approximate surface area is 68.0 Å². The Kier molecular flexibility index (Phi) is 22.0. The van der Waals surface area contributed by atoms with Crippen molar-refractivity contribution in [1.29, 1.82) is 0 Å². The molecule has 0 amide bonds. The average molecular weight is 370 g/mol. The van der Waals surface area contributed by atoms with Crippen molar-refractivity contribution < 1.29 is 68.2 Å². The molecule has 0 unspecified atom stereocenters. The largest absolute Gasteiger partial charge is 0.503 e. The predicted molar refractivity (Wildman–Crippen MR) is 8.05 cm³/mol. The van der Waals surface area contributed by atoms with Crippen LogP contribution in [0.1, 0.15) is 0 Å². The smallest absolute Gasteiger partial charge is 0.412 e. The Bertz CT molecular complexity index is 22.4. The minimum absolute atomic E-state index is 0. The van der Waals surface area contributed by atoms with Crippen LogP contribution in [0.3, 0.4) is 0 Å². The number of hydrogen-bond acceptors (Lipinski definition) is 6. The molecule has 0 aromatic carbocycles. The molecular weight excluding hydrogens is 366 g/mol. The minimum atomic E-state index is -3.76. The molecule has 0 heterocycles. The van der Waals surface area contributed by atoms with Crippen LogP contribution in [0, 0.1) is 0 Å². The van der Waals surface area contributed by atoms with E-state index in [9.17, 15) is 0 Å². The molecule has 0 spiro atoms. The normalized spacial score (nSPS) is 8.00. The van der Waals surface area contributed by atoms with Gasteiger partial charge in [-0.3, -0.25) is 0 Å². The van der Waals surface area contributed by atoms with Crippen molar-refractivity contribution in [2.24, 2.45) is 0 Å². The van der Waals surface area contributed by atoms with E-state index >= 15 is 0 Å². The van der Waals surface area contributed by atoms with Crippen molar-refractivity contribution in [2.45, 2.75) is 0 Å². The minimum Gasteiger partial charge on any atom is -0.412 e. The molecule has 0 radical (unpaired) electrons. The Hall–Kier alpha value is 1.18. The zero-order chi connectivity index (χ0) is 7.15. The molecule has 0 aliphatic rings. The van der Waals surface area contributed by atoms with Gasteiger partial charge in [-0.2, -0.15) is 0 Å². The highest BCUT2D eigenvalue weighted by Gasteiger charge is 1.90. The summed E-state index contributed by atoms with van der Waals surface area (Å²) in [5.74, 6) is 0. The van der Waals surface area contributed by atoms with Crippen molar-refractivity contribution in [3.63, 3.8) is 0 Å². The van der Waals surface area contributed by atoms with Crippen LogP contribution in [0.25, 0.3) is 0 Å². The molecule has 9 heteroatoms. The van der Waals surface area contributed by atoms with Crippen LogP contribution in [-0.2, 0) is 0 Å². The van der Waals surface area contributed by atoms with Gasteiger partial charge in [0.1, 0.15) is 0 Å². The molecule has 0 fully saturated rings. The van der Waals surface area contributed by atoms with Crippen LogP contribution < -0.4 is 55.9 Å². The van der Waals surface area contributed by atoms with Crippen LogP contribution in [0.15, 0.2) is 0 Å². The molecule has 0 saturated heterocycles. The number of rotatable bonds is 0. The summed E-state index contributed by atoms with van der Waals surface area (Å²) in [5, 5.41) is 0. The molecule has 0 aromatic rings. The molecule has 0 bridgehead atoms. The summed E-state index contributed by atoms with van der Waals surface area (Å²) in [6, 6.07) is 0. The van der Waals surface area contributed by atoms with Crippen molar-refractivity contribution >= 4 is 0 Å². The summed E-state index contributed by atoms with van der Waals surface area (Å²) >= 11 is -7.53. The van der Waals surface area contributed by atoms with Crippen LogP contribution in [-0.4, -0.2) is 12.3 Å². The molecule has 60 valence electrons. The molecule has 0 aliphatic heterocycles. The summed E-state index contributed by atoms with van der Waals surface area (Å²) in [6.45, 7) is 0. The highest BCUT2D eigenvalue weighted by atomic mass is 127. The average Bonchev–Trinajstić information content (AvgIpc) is 1.25. The van der Waals surface area contributed by atoms with Gasteiger partial charge in [0.05, 0.1) is 0 Å². The first kappa shape index (κ1) is 16.6. The summed E-state index contributed by atoms with van der Waals surface area (Å²) in [7, 11) is 0. The van der Waals surface area contributed by atoms with E-state index in [4.69, 9.17) is 20.6 Å². The molecule has 0 aliphatic carbocycles. The summed E-state index contributed by atoms with van der Waals surface area (Å²) < 4.78 is 48.9. The molecule has 0 aromatic heterocycles. The Morgan fingerprint density at radius 3 is 0.778 bits per heavy atom. The van der Waals surface area contributed by atoms with Crippen LogP contribution in [0.4, 0.5) is 0 Å². The number of halogens is 2. The molecule has 0 rings (SSSR count). The van der Waals surface area contributed by atoms with E-state index in [1.807, 2.05) is 0 Å². The van der Waals surface area contributed by atoms with Gasteiger partial charge < -0.3 is 19.2 Å². The first-order chi connectivity index (χ1) is 3.46. The van der Waals surface area contributed by atoms with Crippen molar-refractivity contribution in [2.75, 3.05) is 0 Å². The van der Waals surface area contributed by atoms with E-state index in [1.165, 1.54) is 0 Å². The van der Waals surface area contributed by atoms with E-state index in [1.54, 1.807) is 0 Å². The van der Waals surface area contributed by atoms with E-state index in [2.05, 4.69) is 0 Å². The quantitative estimate of drug-likeness (QED) is 0.402. The van der Waals surface area contributed by atoms with Gasteiger partial charge in [-0.05, 0) is 6.87 Å². The third-order valence-corrected chi connectivity index (χ3v) is 0. The summed E-state index contributed by atoms with van der Waals surface area (Å²) in [4.78, 5) is 0. The van der Waals surface area contributed by atoms with Crippen molar-refractivity contribution in [3.05, 3.63) is 0 Å². The fourth-order valence-electron chi connectivity index (χ4n) is 0. The topological polar surface area (TPSA) is 164 Å². The first-order valence-electron chi connectivity index (χ1n) is 0.955. The zero-order valence-electron chi connectivity index (χ0n) is 3.78. The Morgan fingerprint density at radius 2 is 0.778 bits per heavy atom. The molecule has 0 atom stereocenters. The van der Waals surface area contributed by atoms with E-state index in [0.717, 1.165) is 0 Å². The summed E-state index contributed by atoms with van der Waals surface area (Å²) in [6.07, 6.45) is 0. The highest BCUT2D eigenvalue weighted by Crippen LogP contribution is 0.254. The van der Waals surface area contributed by atoms with Crippen LogP contribution in [0.5, 0.6) is 0 Å². The molecular formula is H4I2O7. The van der Waals surface area contributed by atoms with Gasteiger partial charge >= 0.3 is 42.1 Å². The van der Waals surface area contributed by atoms with Crippen molar-refractivity contribution in [1.82, 2.24) is 0 Å². The highest BCUT2D eigenvalue weighted by molar-refractivity contribution is 1.94. The monoisotopic (exact) mass is 370 g/mol. The third-order valence-electron chi connectivity index (χ3n) is 0. The van der Waals surface area contributed by atoms with Gasteiger partial charge in [0.15, 0.2) is 0 Å². The fraction of sp³-hybridized carbons (Fsp3) is 0. The predicted octanol–water partition coefficient (Wildman–Crippen LogP) is -12.7. The zero-order valence-corrected chi connectivity index (χ0v) is 8.10. The maximum Gasteiger partial charge on any atom is 0.503 e. The molecule has 0 saturated carbocycles. The van der Waals surface area contributed by atoms with Gasteiger partial charge in [-0.25, -0.2) is 0 Å². The fourth-order valence-corrected chi connectivity index (χ4v) is 0. The Balaban J connectivity index is -0.0000000720. The van der Waals surface area contributed by atoms with Gasteiger partial charge in [-0.15, -0.1) is 0 Å². The third kappa shape index (κ3) is 340. The van der Waals surface area contributed by atoms with Gasteiger partial charge in [0, 0.05) is 0 Å². The first-order valence-corrected chi connectivity index (χ1v) is 6.41. The second-order valence-corrected chi connectivity index (χ2v) is 2.70. The van der Waals surface area contributed by atoms with Crippen LogP contribution in [0.2, 0.25) is 0 Å². The molecule has 7 nitrogen and oxygen atoms in total. The second-order valence-electron chi connectivity index (χ2n) is 0.402. The standard InChI is InChI=1S/2HIO3.H2O/c2*2-1(3)4;/h2*2H;1H2. The SMILES string of the molecule is O.[O-][I+2]([O-])O.[O-][I+2]([O-])O. The molecule has 4 N–H and O–H groups in total. The lowest BCUT2D eigenvalue weighted by Gasteiger charge is -1.67.